The zero-order valence-corrected chi connectivity index (χ0v) is 15.9. The molecule has 0 spiro atoms. The van der Waals surface area contributed by atoms with Crippen LogP contribution in [0.1, 0.15) is 21.1 Å². The zero-order chi connectivity index (χ0) is 19.0. The molecule has 0 bridgehead atoms. The second-order valence-corrected chi connectivity index (χ2v) is 7.39. The number of rotatable bonds is 3. The van der Waals surface area contributed by atoms with Gasteiger partial charge in [-0.05, 0) is 43.7 Å². The van der Waals surface area contributed by atoms with Crippen LogP contribution in [0.25, 0.3) is 10.2 Å². The molecule has 1 aliphatic heterocycles. The van der Waals surface area contributed by atoms with Crippen LogP contribution in [0.3, 0.4) is 0 Å². The summed E-state index contributed by atoms with van der Waals surface area (Å²) in [6.07, 6.45) is 0. The largest absolute Gasteiger partial charge is 0.378 e. The van der Waals surface area contributed by atoms with Gasteiger partial charge in [-0.15, -0.1) is 11.3 Å². The molecule has 0 aliphatic carbocycles. The maximum atomic E-state index is 13.1. The summed E-state index contributed by atoms with van der Waals surface area (Å²) in [4.78, 5) is 25.5. The fourth-order valence-corrected chi connectivity index (χ4v) is 4.28. The van der Waals surface area contributed by atoms with Crippen LogP contribution in [-0.2, 0) is 4.74 Å². The van der Waals surface area contributed by atoms with Crippen LogP contribution in [0.15, 0.2) is 24.3 Å². The van der Waals surface area contributed by atoms with Crippen LogP contribution in [0.2, 0.25) is 0 Å². The Labute approximate surface area is 160 Å². The standard InChI is InChI=1S/C19H19FN4O2S/c1-11-15-17(24-7-9-26-10-8-24)21-12(2)22-19(15)27-16(11)18(25)23-14-5-3-13(20)4-6-14/h3-6H,7-10H2,1-2H3,(H,23,25). The number of nitrogens with zero attached hydrogens (tertiary/aromatic N) is 3. The van der Waals surface area contributed by atoms with Crippen molar-refractivity contribution in [2.75, 3.05) is 36.5 Å². The first-order valence-corrected chi connectivity index (χ1v) is 9.52. The van der Waals surface area contributed by atoms with Gasteiger partial charge in [0.1, 0.15) is 22.3 Å². The van der Waals surface area contributed by atoms with E-state index in [0.29, 0.717) is 29.6 Å². The minimum absolute atomic E-state index is 0.229. The quantitative estimate of drug-likeness (QED) is 0.746. The summed E-state index contributed by atoms with van der Waals surface area (Å²) in [6.45, 7) is 6.62. The molecule has 1 N–H and O–H groups in total. The SMILES string of the molecule is Cc1nc(N2CCOCC2)c2c(C)c(C(=O)Nc3ccc(F)cc3)sc2n1. The molecule has 27 heavy (non-hydrogen) atoms. The average molecular weight is 386 g/mol. The normalized spacial score (nSPS) is 14.6. The highest BCUT2D eigenvalue weighted by Gasteiger charge is 2.23. The summed E-state index contributed by atoms with van der Waals surface area (Å²) >= 11 is 1.35. The van der Waals surface area contributed by atoms with E-state index in [4.69, 9.17) is 4.74 Å². The summed E-state index contributed by atoms with van der Waals surface area (Å²) in [5, 5.41) is 3.74. The van der Waals surface area contributed by atoms with Crippen LogP contribution in [0.5, 0.6) is 0 Å². The fraction of sp³-hybridized carbons (Fsp3) is 0.316. The van der Waals surface area contributed by atoms with Crippen molar-refractivity contribution in [1.82, 2.24) is 9.97 Å². The smallest absolute Gasteiger partial charge is 0.266 e. The van der Waals surface area contributed by atoms with Crippen molar-refractivity contribution in [3.63, 3.8) is 0 Å². The number of ether oxygens (including phenoxy) is 1. The maximum Gasteiger partial charge on any atom is 0.266 e. The predicted molar refractivity (Wildman–Crippen MR) is 104 cm³/mol. The van der Waals surface area contributed by atoms with Gasteiger partial charge in [-0.2, -0.15) is 0 Å². The van der Waals surface area contributed by atoms with E-state index in [1.54, 1.807) is 12.1 Å². The van der Waals surface area contributed by atoms with Gasteiger partial charge < -0.3 is 15.0 Å². The molecule has 1 aliphatic rings. The molecule has 0 radical (unpaired) electrons. The maximum absolute atomic E-state index is 13.1. The van der Waals surface area contributed by atoms with Crippen LogP contribution in [0, 0.1) is 19.7 Å². The molecule has 0 atom stereocenters. The van der Waals surface area contributed by atoms with Crippen LogP contribution in [0.4, 0.5) is 15.9 Å². The number of benzene rings is 1. The Morgan fingerprint density at radius 2 is 1.89 bits per heavy atom. The van der Waals surface area contributed by atoms with E-state index in [-0.39, 0.29) is 11.7 Å². The molecule has 2 aromatic heterocycles. The summed E-state index contributed by atoms with van der Waals surface area (Å²) in [5.74, 6) is 0.964. The number of hydrogen-bond donors (Lipinski definition) is 1. The van der Waals surface area contributed by atoms with Crippen molar-refractivity contribution in [1.29, 1.82) is 0 Å². The van der Waals surface area contributed by atoms with E-state index in [9.17, 15) is 9.18 Å². The third-order valence-corrected chi connectivity index (χ3v) is 5.69. The van der Waals surface area contributed by atoms with Crippen molar-refractivity contribution in [3.05, 3.63) is 46.3 Å². The summed E-state index contributed by atoms with van der Waals surface area (Å²) in [5.41, 5.74) is 1.41. The fourth-order valence-electron chi connectivity index (χ4n) is 3.16. The van der Waals surface area contributed by atoms with Gasteiger partial charge in [0.15, 0.2) is 0 Å². The first-order chi connectivity index (χ1) is 13.0. The number of morpholine rings is 1. The molecule has 6 nitrogen and oxygen atoms in total. The van der Waals surface area contributed by atoms with Crippen molar-refractivity contribution < 1.29 is 13.9 Å². The summed E-state index contributed by atoms with van der Waals surface area (Å²) in [6, 6.07) is 5.72. The highest BCUT2D eigenvalue weighted by Crippen LogP contribution is 2.36. The molecular formula is C19H19FN4O2S. The van der Waals surface area contributed by atoms with Crippen LogP contribution < -0.4 is 10.2 Å². The summed E-state index contributed by atoms with van der Waals surface area (Å²) in [7, 11) is 0. The second-order valence-electron chi connectivity index (χ2n) is 6.39. The number of aromatic nitrogens is 2. The molecule has 140 valence electrons. The molecule has 0 saturated carbocycles. The van der Waals surface area contributed by atoms with Gasteiger partial charge >= 0.3 is 0 Å². The van der Waals surface area contributed by atoms with E-state index in [1.807, 2.05) is 13.8 Å². The van der Waals surface area contributed by atoms with Crippen molar-refractivity contribution in [2.24, 2.45) is 0 Å². The molecule has 1 aromatic carbocycles. The lowest BCUT2D eigenvalue weighted by Gasteiger charge is -2.28. The van der Waals surface area contributed by atoms with Gasteiger partial charge in [0.25, 0.3) is 5.91 Å². The number of amides is 1. The van der Waals surface area contributed by atoms with Gasteiger partial charge in [0, 0.05) is 18.8 Å². The molecule has 1 fully saturated rings. The topological polar surface area (TPSA) is 67.4 Å². The average Bonchev–Trinajstić information content (AvgIpc) is 3.00. The molecule has 4 rings (SSSR count). The molecule has 1 saturated heterocycles. The lowest BCUT2D eigenvalue weighted by molar-refractivity contribution is 0.103. The van der Waals surface area contributed by atoms with E-state index >= 15 is 0 Å². The summed E-state index contributed by atoms with van der Waals surface area (Å²) < 4.78 is 18.5. The zero-order valence-electron chi connectivity index (χ0n) is 15.1. The highest BCUT2D eigenvalue weighted by molar-refractivity contribution is 7.20. The first kappa shape index (κ1) is 17.8. The van der Waals surface area contributed by atoms with Gasteiger partial charge in [-0.25, -0.2) is 14.4 Å². The Morgan fingerprint density at radius 1 is 1.19 bits per heavy atom. The Kier molecular flexibility index (Phi) is 4.75. The van der Waals surface area contributed by atoms with Crippen LogP contribution in [-0.4, -0.2) is 42.2 Å². The number of fused-ring (bicyclic) bond motifs is 1. The van der Waals surface area contributed by atoms with Gasteiger partial charge in [-0.3, -0.25) is 4.79 Å². The Hall–Kier alpha value is -2.58. The second kappa shape index (κ2) is 7.21. The molecular weight excluding hydrogens is 367 g/mol. The number of thiophene rings is 1. The van der Waals surface area contributed by atoms with Crippen molar-refractivity contribution >= 4 is 39.0 Å². The molecule has 0 unspecified atom stereocenters. The highest BCUT2D eigenvalue weighted by atomic mass is 32.1. The number of anilines is 2. The molecule has 3 heterocycles. The van der Waals surface area contributed by atoms with E-state index in [2.05, 4.69) is 20.2 Å². The number of aryl methyl sites for hydroxylation is 2. The number of hydrogen-bond acceptors (Lipinski definition) is 6. The minimum Gasteiger partial charge on any atom is -0.378 e. The number of carbonyl (C=O) groups is 1. The van der Waals surface area contributed by atoms with E-state index in [0.717, 1.165) is 34.7 Å². The first-order valence-electron chi connectivity index (χ1n) is 8.70. The lowest BCUT2D eigenvalue weighted by Crippen LogP contribution is -2.37. The molecule has 8 heteroatoms. The van der Waals surface area contributed by atoms with Gasteiger partial charge in [-0.1, -0.05) is 0 Å². The van der Waals surface area contributed by atoms with Crippen LogP contribution >= 0.6 is 11.3 Å². The van der Waals surface area contributed by atoms with E-state index < -0.39 is 0 Å². The number of nitrogens with one attached hydrogen (secondary N) is 1. The van der Waals surface area contributed by atoms with Gasteiger partial charge in [0.2, 0.25) is 0 Å². The lowest BCUT2D eigenvalue weighted by atomic mass is 10.1. The Balaban J connectivity index is 1.72. The third kappa shape index (κ3) is 3.50. The van der Waals surface area contributed by atoms with Crippen molar-refractivity contribution in [3.8, 4) is 0 Å². The predicted octanol–water partition coefficient (Wildman–Crippen LogP) is 3.54. The molecule has 3 aromatic rings. The van der Waals surface area contributed by atoms with Gasteiger partial charge in [0.05, 0.1) is 23.5 Å². The third-order valence-electron chi connectivity index (χ3n) is 4.50. The number of halogens is 1. The van der Waals surface area contributed by atoms with E-state index in [1.165, 1.54) is 23.5 Å². The monoisotopic (exact) mass is 386 g/mol. The van der Waals surface area contributed by atoms with Crippen molar-refractivity contribution in [2.45, 2.75) is 13.8 Å². The molecule has 1 amide bonds. The Bertz CT molecular complexity index is 997. The Morgan fingerprint density at radius 3 is 2.59 bits per heavy atom. The minimum atomic E-state index is -0.341. The number of carbonyl (C=O) groups excluding carboxylic acids is 1.